The summed E-state index contributed by atoms with van der Waals surface area (Å²) in [6.07, 6.45) is 1.02. The second kappa shape index (κ2) is 9.29. The lowest BCUT2D eigenvalue weighted by Crippen LogP contribution is -2.36. The van der Waals surface area contributed by atoms with Crippen LogP contribution in [0.3, 0.4) is 0 Å². The molecular formula is C20H25N3O2S. The molecule has 0 spiro atoms. The highest BCUT2D eigenvalue weighted by Crippen LogP contribution is 2.32. The normalized spacial score (nSPS) is 11.9. The third-order valence-corrected chi connectivity index (χ3v) is 4.57. The summed E-state index contributed by atoms with van der Waals surface area (Å²) in [6, 6.07) is 16.4. The van der Waals surface area contributed by atoms with Crippen LogP contribution in [0.1, 0.15) is 18.9 Å². The first-order valence-corrected chi connectivity index (χ1v) is 9.37. The van der Waals surface area contributed by atoms with E-state index in [9.17, 15) is 0 Å². The van der Waals surface area contributed by atoms with Crippen molar-refractivity contribution in [1.82, 2.24) is 10.6 Å². The standard InChI is InChI=1S/C20H25N3O2S/c1-2-23(17-7-4-3-5-8-17)12-6-11-21-20(26)22-14-16-9-10-18-19(13-16)25-15-24-18/h3-5,7-10,13H,2,6,11-12,14-15H2,1H3,(H2,21,22,26). The van der Waals surface area contributed by atoms with Crippen molar-refractivity contribution < 1.29 is 9.47 Å². The maximum absolute atomic E-state index is 5.39. The van der Waals surface area contributed by atoms with Crippen LogP contribution in [0.2, 0.25) is 0 Å². The molecule has 0 aliphatic carbocycles. The van der Waals surface area contributed by atoms with E-state index in [0.717, 1.165) is 43.1 Å². The summed E-state index contributed by atoms with van der Waals surface area (Å²) in [7, 11) is 0. The molecule has 2 aromatic rings. The van der Waals surface area contributed by atoms with Crippen LogP contribution in [0.5, 0.6) is 11.5 Å². The number of ether oxygens (including phenoxy) is 2. The Hall–Kier alpha value is -2.47. The Morgan fingerprint density at radius 2 is 1.88 bits per heavy atom. The molecule has 3 rings (SSSR count). The predicted molar refractivity (Wildman–Crippen MR) is 109 cm³/mol. The zero-order chi connectivity index (χ0) is 18.2. The van der Waals surface area contributed by atoms with Crippen LogP contribution in [-0.4, -0.2) is 31.5 Å². The van der Waals surface area contributed by atoms with Crippen LogP contribution < -0.4 is 25.0 Å². The first-order valence-electron chi connectivity index (χ1n) is 8.96. The molecule has 1 heterocycles. The van der Waals surface area contributed by atoms with Gasteiger partial charge in [0.25, 0.3) is 0 Å². The van der Waals surface area contributed by atoms with E-state index in [0.29, 0.717) is 18.5 Å². The molecule has 26 heavy (non-hydrogen) atoms. The average molecular weight is 372 g/mol. The highest BCUT2D eigenvalue weighted by atomic mass is 32.1. The van der Waals surface area contributed by atoms with Gasteiger partial charge >= 0.3 is 0 Å². The van der Waals surface area contributed by atoms with E-state index in [-0.39, 0.29) is 0 Å². The van der Waals surface area contributed by atoms with Crippen molar-refractivity contribution in [2.45, 2.75) is 19.9 Å². The van der Waals surface area contributed by atoms with Gasteiger partial charge in [0.05, 0.1) is 0 Å². The van der Waals surface area contributed by atoms with Crippen LogP contribution in [0.25, 0.3) is 0 Å². The highest BCUT2D eigenvalue weighted by Gasteiger charge is 2.13. The number of hydrogen-bond donors (Lipinski definition) is 2. The predicted octanol–water partition coefficient (Wildman–Crippen LogP) is 3.30. The van der Waals surface area contributed by atoms with Gasteiger partial charge in [-0.1, -0.05) is 24.3 Å². The van der Waals surface area contributed by atoms with E-state index in [1.54, 1.807) is 0 Å². The van der Waals surface area contributed by atoms with Gasteiger partial charge in [-0.25, -0.2) is 0 Å². The Kier molecular flexibility index (Phi) is 6.55. The molecule has 6 heteroatoms. The lowest BCUT2D eigenvalue weighted by molar-refractivity contribution is 0.174. The summed E-state index contributed by atoms with van der Waals surface area (Å²) >= 11 is 5.36. The average Bonchev–Trinajstić information content (AvgIpc) is 3.15. The van der Waals surface area contributed by atoms with Crippen molar-refractivity contribution in [3.8, 4) is 11.5 Å². The van der Waals surface area contributed by atoms with E-state index >= 15 is 0 Å². The van der Waals surface area contributed by atoms with Gasteiger partial charge in [0.1, 0.15) is 0 Å². The SMILES string of the molecule is CCN(CCCNC(=S)NCc1ccc2c(c1)OCO2)c1ccccc1. The summed E-state index contributed by atoms with van der Waals surface area (Å²) < 4.78 is 10.7. The van der Waals surface area contributed by atoms with Gasteiger partial charge in [-0.15, -0.1) is 0 Å². The Morgan fingerprint density at radius 3 is 2.69 bits per heavy atom. The monoisotopic (exact) mass is 371 g/mol. The van der Waals surface area contributed by atoms with Crippen molar-refractivity contribution in [2.75, 3.05) is 31.3 Å². The molecule has 0 saturated carbocycles. The van der Waals surface area contributed by atoms with Gasteiger partial charge in [0, 0.05) is 31.9 Å². The van der Waals surface area contributed by atoms with Crippen molar-refractivity contribution in [1.29, 1.82) is 0 Å². The van der Waals surface area contributed by atoms with E-state index < -0.39 is 0 Å². The van der Waals surface area contributed by atoms with E-state index in [1.165, 1.54) is 5.69 Å². The largest absolute Gasteiger partial charge is 0.454 e. The van der Waals surface area contributed by atoms with Gasteiger partial charge in [-0.05, 0) is 55.4 Å². The van der Waals surface area contributed by atoms with Gasteiger partial charge in [-0.3, -0.25) is 0 Å². The second-order valence-electron chi connectivity index (χ2n) is 6.07. The Balaban J connectivity index is 1.35. The fourth-order valence-corrected chi connectivity index (χ4v) is 3.05. The van der Waals surface area contributed by atoms with Crippen molar-refractivity contribution in [2.24, 2.45) is 0 Å². The number of para-hydroxylation sites is 1. The maximum atomic E-state index is 5.39. The number of benzene rings is 2. The molecule has 0 amide bonds. The minimum Gasteiger partial charge on any atom is -0.454 e. The number of thiocarbonyl (C=S) groups is 1. The molecule has 2 aromatic carbocycles. The Morgan fingerprint density at radius 1 is 1.08 bits per heavy atom. The number of anilines is 1. The quantitative estimate of drug-likeness (QED) is 0.548. The number of rotatable bonds is 8. The molecule has 0 fully saturated rings. The molecule has 1 aliphatic rings. The Labute approximate surface area is 160 Å². The van der Waals surface area contributed by atoms with E-state index in [4.69, 9.17) is 21.7 Å². The minimum absolute atomic E-state index is 0.296. The van der Waals surface area contributed by atoms with Gasteiger partial charge in [-0.2, -0.15) is 0 Å². The summed E-state index contributed by atoms with van der Waals surface area (Å²) in [4.78, 5) is 2.37. The number of nitrogens with one attached hydrogen (secondary N) is 2. The summed E-state index contributed by atoms with van der Waals surface area (Å²) in [5.74, 6) is 1.59. The van der Waals surface area contributed by atoms with Crippen LogP contribution in [0.15, 0.2) is 48.5 Å². The smallest absolute Gasteiger partial charge is 0.231 e. The third-order valence-electron chi connectivity index (χ3n) is 4.28. The molecule has 0 radical (unpaired) electrons. The molecule has 138 valence electrons. The van der Waals surface area contributed by atoms with Crippen molar-refractivity contribution >= 4 is 23.0 Å². The van der Waals surface area contributed by atoms with Crippen molar-refractivity contribution in [3.63, 3.8) is 0 Å². The Bertz CT molecular complexity index is 724. The zero-order valence-corrected chi connectivity index (χ0v) is 15.8. The van der Waals surface area contributed by atoms with Crippen LogP contribution >= 0.6 is 12.2 Å². The third kappa shape index (κ3) is 5.02. The number of nitrogens with zero attached hydrogens (tertiary/aromatic N) is 1. The fourth-order valence-electron chi connectivity index (χ4n) is 2.88. The van der Waals surface area contributed by atoms with Crippen LogP contribution in [0, 0.1) is 0 Å². The topological polar surface area (TPSA) is 45.8 Å². The lowest BCUT2D eigenvalue weighted by atomic mass is 10.2. The molecule has 0 saturated heterocycles. The second-order valence-corrected chi connectivity index (χ2v) is 6.47. The van der Waals surface area contributed by atoms with Gasteiger partial charge in [0.2, 0.25) is 6.79 Å². The highest BCUT2D eigenvalue weighted by molar-refractivity contribution is 7.80. The molecule has 0 unspecified atom stereocenters. The number of fused-ring (bicyclic) bond motifs is 1. The van der Waals surface area contributed by atoms with Crippen molar-refractivity contribution in [3.05, 3.63) is 54.1 Å². The summed E-state index contributed by atoms with van der Waals surface area (Å²) in [6.45, 7) is 5.97. The molecule has 5 nitrogen and oxygen atoms in total. The molecule has 0 aromatic heterocycles. The minimum atomic E-state index is 0.296. The summed E-state index contributed by atoms with van der Waals surface area (Å²) in [5, 5.41) is 7.18. The lowest BCUT2D eigenvalue weighted by Gasteiger charge is -2.23. The van der Waals surface area contributed by atoms with E-state index in [1.807, 2.05) is 24.3 Å². The van der Waals surface area contributed by atoms with Gasteiger partial charge < -0.3 is 25.0 Å². The zero-order valence-electron chi connectivity index (χ0n) is 15.0. The first-order chi connectivity index (χ1) is 12.8. The molecule has 2 N–H and O–H groups in total. The van der Waals surface area contributed by atoms with Gasteiger partial charge in [0.15, 0.2) is 16.6 Å². The van der Waals surface area contributed by atoms with Crippen LogP contribution in [0.4, 0.5) is 5.69 Å². The number of hydrogen-bond acceptors (Lipinski definition) is 4. The molecule has 1 aliphatic heterocycles. The fraction of sp³-hybridized carbons (Fsp3) is 0.350. The first kappa shape index (κ1) is 18.3. The summed E-state index contributed by atoms with van der Waals surface area (Å²) in [5.41, 5.74) is 2.37. The molecular weight excluding hydrogens is 346 g/mol. The van der Waals surface area contributed by atoms with Crippen LogP contribution in [-0.2, 0) is 6.54 Å². The maximum Gasteiger partial charge on any atom is 0.231 e. The van der Waals surface area contributed by atoms with E-state index in [2.05, 4.69) is 46.7 Å². The molecule has 0 bridgehead atoms. The molecule has 0 atom stereocenters.